The third-order valence-corrected chi connectivity index (χ3v) is 6.45. The Morgan fingerprint density at radius 1 is 1.00 bits per heavy atom. The molecule has 35 heavy (non-hydrogen) atoms. The molecule has 10 heteroatoms. The lowest BCUT2D eigenvalue weighted by atomic mass is 10.0. The summed E-state index contributed by atoms with van der Waals surface area (Å²) >= 11 is 5.81. The molecule has 0 amide bonds. The normalized spacial score (nSPS) is 18.5. The fourth-order valence-corrected chi connectivity index (χ4v) is 4.94. The van der Waals surface area contributed by atoms with Crippen LogP contribution in [0.4, 0.5) is 11.4 Å². The highest BCUT2D eigenvalue weighted by Gasteiger charge is 2.42. The van der Waals surface area contributed by atoms with Gasteiger partial charge in [-0.1, -0.05) is 12.1 Å². The molecule has 4 heterocycles. The number of thiocarbonyl (C=S) groups is 1. The van der Waals surface area contributed by atoms with Crippen molar-refractivity contribution in [3.05, 3.63) is 107 Å². The van der Waals surface area contributed by atoms with E-state index in [0.717, 1.165) is 17.1 Å². The lowest BCUT2D eigenvalue weighted by Crippen LogP contribution is -2.30. The molecule has 0 radical (unpaired) electrons. The Morgan fingerprint density at radius 3 is 2.71 bits per heavy atom. The Balaban J connectivity index is 1.50. The number of nitro benzene ring substituents is 1. The van der Waals surface area contributed by atoms with Gasteiger partial charge in [-0.15, -0.1) is 0 Å². The molecule has 6 rings (SSSR count). The molecule has 174 valence electrons. The van der Waals surface area contributed by atoms with Gasteiger partial charge in [0.2, 0.25) is 6.79 Å². The lowest BCUT2D eigenvalue weighted by Gasteiger charge is -2.29. The summed E-state index contributed by atoms with van der Waals surface area (Å²) in [5.74, 6) is 1.34. The molecule has 4 aromatic rings. The standard InChI is InChI=1S/C25H19N5O4S/c31-30(32)18-6-3-5-16(13-18)28-12-4-8-20(28)24-23(19-7-1-2-11-26-19)27-25(35)29(24)17-9-10-21-22(14-17)34-15-33-21/h1-14,23-24H,15H2,(H,27,35)/t23-,24-/m0/s1. The number of nitrogens with one attached hydrogen (secondary N) is 1. The zero-order chi connectivity index (χ0) is 23.9. The van der Waals surface area contributed by atoms with E-state index in [1.807, 2.05) is 70.3 Å². The van der Waals surface area contributed by atoms with Gasteiger partial charge < -0.3 is 24.3 Å². The topological polar surface area (TPSA) is 94.7 Å². The van der Waals surface area contributed by atoms with Gasteiger partial charge in [-0.25, -0.2) is 0 Å². The van der Waals surface area contributed by atoms with Crippen molar-refractivity contribution >= 4 is 28.7 Å². The Labute approximate surface area is 205 Å². The quantitative estimate of drug-likeness (QED) is 0.247. The first-order valence-corrected chi connectivity index (χ1v) is 11.3. The molecule has 1 fully saturated rings. The zero-order valence-electron chi connectivity index (χ0n) is 18.3. The van der Waals surface area contributed by atoms with E-state index >= 15 is 0 Å². The van der Waals surface area contributed by atoms with Gasteiger partial charge in [0.25, 0.3) is 5.69 Å². The Bertz CT molecular complexity index is 1440. The number of hydrogen-bond acceptors (Lipinski definition) is 6. The third-order valence-electron chi connectivity index (χ3n) is 6.13. The number of rotatable bonds is 5. The van der Waals surface area contributed by atoms with Crippen LogP contribution in [-0.4, -0.2) is 26.4 Å². The van der Waals surface area contributed by atoms with Crippen molar-refractivity contribution in [2.75, 3.05) is 11.7 Å². The van der Waals surface area contributed by atoms with Gasteiger partial charge in [-0.2, -0.15) is 0 Å². The maximum Gasteiger partial charge on any atom is 0.271 e. The van der Waals surface area contributed by atoms with Crippen molar-refractivity contribution in [1.29, 1.82) is 0 Å². The van der Waals surface area contributed by atoms with E-state index < -0.39 is 4.92 Å². The average Bonchev–Trinajstić information content (AvgIpc) is 3.62. The Hall–Kier alpha value is -4.44. The second-order valence-corrected chi connectivity index (χ2v) is 8.50. The highest BCUT2D eigenvalue weighted by atomic mass is 32.1. The fraction of sp³-hybridized carbons (Fsp3) is 0.120. The van der Waals surface area contributed by atoms with Crippen LogP contribution < -0.4 is 19.7 Å². The zero-order valence-corrected chi connectivity index (χ0v) is 19.1. The number of pyridine rings is 1. The summed E-state index contributed by atoms with van der Waals surface area (Å²) in [6, 6.07) is 21.4. The molecule has 1 N–H and O–H groups in total. The van der Waals surface area contributed by atoms with Gasteiger partial charge in [0.15, 0.2) is 16.6 Å². The summed E-state index contributed by atoms with van der Waals surface area (Å²) in [7, 11) is 0. The number of anilines is 1. The van der Waals surface area contributed by atoms with Crippen LogP contribution in [-0.2, 0) is 0 Å². The summed E-state index contributed by atoms with van der Waals surface area (Å²) < 4.78 is 13.0. The van der Waals surface area contributed by atoms with E-state index in [9.17, 15) is 10.1 Å². The van der Waals surface area contributed by atoms with Gasteiger partial charge in [-0.05, 0) is 54.7 Å². The van der Waals surface area contributed by atoms with Gasteiger partial charge in [0.1, 0.15) is 6.04 Å². The molecular formula is C25H19N5O4S. The second kappa shape index (κ2) is 8.41. The highest BCUT2D eigenvalue weighted by molar-refractivity contribution is 7.80. The maximum absolute atomic E-state index is 11.4. The molecule has 0 bridgehead atoms. The Morgan fingerprint density at radius 2 is 1.89 bits per heavy atom. The number of aromatic nitrogens is 2. The molecule has 2 atom stereocenters. The molecular weight excluding hydrogens is 466 g/mol. The third kappa shape index (κ3) is 3.64. The van der Waals surface area contributed by atoms with Crippen molar-refractivity contribution in [3.8, 4) is 17.2 Å². The molecule has 1 saturated heterocycles. The number of nitro groups is 1. The molecule has 2 aromatic heterocycles. The van der Waals surface area contributed by atoms with E-state index in [1.165, 1.54) is 6.07 Å². The van der Waals surface area contributed by atoms with Gasteiger partial charge in [0, 0.05) is 42.0 Å². The first-order valence-electron chi connectivity index (χ1n) is 10.9. The van der Waals surface area contributed by atoms with E-state index in [-0.39, 0.29) is 24.6 Å². The molecule has 0 unspecified atom stereocenters. The molecule has 2 aliphatic rings. The van der Waals surface area contributed by atoms with E-state index in [2.05, 4.69) is 10.3 Å². The Kier molecular flexibility index (Phi) is 5.07. The summed E-state index contributed by atoms with van der Waals surface area (Å²) in [4.78, 5) is 17.6. The van der Waals surface area contributed by atoms with Crippen molar-refractivity contribution < 1.29 is 14.4 Å². The molecule has 0 saturated carbocycles. The molecule has 2 aromatic carbocycles. The van der Waals surface area contributed by atoms with Crippen molar-refractivity contribution in [1.82, 2.24) is 14.9 Å². The monoisotopic (exact) mass is 485 g/mol. The molecule has 9 nitrogen and oxygen atoms in total. The lowest BCUT2D eigenvalue weighted by molar-refractivity contribution is -0.384. The summed E-state index contributed by atoms with van der Waals surface area (Å²) in [6.07, 6.45) is 3.64. The summed E-state index contributed by atoms with van der Waals surface area (Å²) in [6.45, 7) is 0.178. The molecule has 0 aliphatic carbocycles. The minimum atomic E-state index is -0.394. The van der Waals surface area contributed by atoms with Gasteiger partial charge in [-0.3, -0.25) is 15.1 Å². The predicted molar refractivity (Wildman–Crippen MR) is 133 cm³/mol. The van der Waals surface area contributed by atoms with E-state index in [1.54, 1.807) is 18.3 Å². The number of benzene rings is 2. The highest BCUT2D eigenvalue weighted by Crippen LogP contribution is 2.45. The van der Waals surface area contributed by atoms with Crippen LogP contribution in [0.1, 0.15) is 23.5 Å². The molecule has 2 aliphatic heterocycles. The van der Waals surface area contributed by atoms with Crippen LogP contribution in [0.25, 0.3) is 5.69 Å². The maximum atomic E-state index is 11.4. The van der Waals surface area contributed by atoms with Crippen LogP contribution in [0.15, 0.2) is 85.2 Å². The van der Waals surface area contributed by atoms with Crippen LogP contribution in [0.2, 0.25) is 0 Å². The minimum absolute atomic E-state index is 0.0242. The summed E-state index contributed by atoms with van der Waals surface area (Å²) in [5, 5.41) is 15.4. The van der Waals surface area contributed by atoms with E-state index in [4.69, 9.17) is 21.7 Å². The second-order valence-electron chi connectivity index (χ2n) is 8.11. The minimum Gasteiger partial charge on any atom is -0.454 e. The van der Waals surface area contributed by atoms with Crippen LogP contribution in [0, 0.1) is 10.1 Å². The van der Waals surface area contributed by atoms with E-state index in [0.29, 0.717) is 22.3 Å². The largest absolute Gasteiger partial charge is 0.454 e. The SMILES string of the molecule is O=[N+]([O-])c1cccc(-n2cccc2[C@H]2[C@H](c3ccccn3)NC(=S)N2c2ccc3c(c2)OCO3)c1. The first kappa shape index (κ1) is 21.1. The van der Waals surface area contributed by atoms with Crippen molar-refractivity contribution in [3.63, 3.8) is 0 Å². The fourth-order valence-electron chi connectivity index (χ4n) is 4.60. The number of fused-ring (bicyclic) bond motifs is 1. The van der Waals surface area contributed by atoms with Crippen LogP contribution in [0.5, 0.6) is 11.5 Å². The average molecular weight is 486 g/mol. The number of nitrogens with zero attached hydrogens (tertiary/aromatic N) is 4. The number of hydrogen-bond donors (Lipinski definition) is 1. The molecule has 0 spiro atoms. The smallest absolute Gasteiger partial charge is 0.271 e. The van der Waals surface area contributed by atoms with Crippen molar-refractivity contribution in [2.45, 2.75) is 12.1 Å². The predicted octanol–water partition coefficient (Wildman–Crippen LogP) is 4.69. The van der Waals surface area contributed by atoms with Crippen LogP contribution >= 0.6 is 12.2 Å². The van der Waals surface area contributed by atoms with Gasteiger partial charge in [0.05, 0.1) is 22.3 Å². The van der Waals surface area contributed by atoms with Crippen molar-refractivity contribution in [2.24, 2.45) is 0 Å². The first-order chi connectivity index (χ1) is 17.1. The number of non-ortho nitro benzene ring substituents is 1. The van der Waals surface area contributed by atoms with Crippen LogP contribution in [0.3, 0.4) is 0 Å². The van der Waals surface area contributed by atoms with Gasteiger partial charge >= 0.3 is 0 Å². The summed E-state index contributed by atoms with van der Waals surface area (Å²) in [5.41, 5.74) is 3.27. The number of ether oxygens (including phenoxy) is 2.